The van der Waals surface area contributed by atoms with Crippen molar-refractivity contribution in [2.45, 2.75) is 40.4 Å². The minimum absolute atomic E-state index is 0. The van der Waals surface area contributed by atoms with E-state index >= 15 is 0 Å². The third-order valence-electron chi connectivity index (χ3n) is 2.91. The van der Waals surface area contributed by atoms with Crippen LogP contribution in [0, 0.1) is 12.9 Å². The first-order valence-electron chi connectivity index (χ1n) is 6.13. The summed E-state index contributed by atoms with van der Waals surface area (Å²) >= 11 is 0. The van der Waals surface area contributed by atoms with Gasteiger partial charge in [0, 0.05) is 31.4 Å². The lowest BCUT2D eigenvalue weighted by Crippen LogP contribution is -2.04. The average molecular weight is 288 g/mol. The Balaban J connectivity index is 0.00000180. The van der Waals surface area contributed by atoms with Crippen molar-refractivity contribution in [1.82, 2.24) is 19.6 Å². The van der Waals surface area contributed by atoms with Crippen molar-refractivity contribution in [3.63, 3.8) is 0 Å². The summed E-state index contributed by atoms with van der Waals surface area (Å²) in [6.07, 6.45) is 3.64. The first-order valence-corrected chi connectivity index (χ1v) is 6.13. The van der Waals surface area contributed by atoms with Gasteiger partial charge in [0.25, 0.3) is 0 Å². The molecule has 7 heteroatoms. The molecule has 0 aliphatic carbocycles. The Morgan fingerprint density at radius 2 is 2.05 bits per heavy atom. The first kappa shape index (κ1) is 15.5. The smallest absolute Gasteiger partial charge is 0.216 e. The van der Waals surface area contributed by atoms with Gasteiger partial charge in [0.15, 0.2) is 0 Å². The van der Waals surface area contributed by atoms with Crippen LogP contribution in [-0.4, -0.2) is 19.6 Å². The van der Waals surface area contributed by atoms with E-state index in [0.717, 1.165) is 17.9 Å². The van der Waals surface area contributed by atoms with Gasteiger partial charge in [-0.15, -0.1) is 12.4 Å². The number of anilines is 1. The van der Waals surface area contributed by atoms with E-state index < -0.39 is 0 Å². The van der Waals surface area contributed by atoms with Crippen molar-refractivity contribution in [2.24, 2.45) is 0 Å². The fourth-order valence-corrected chi connectivity index (χ4v) is 1.82. The van der Waals surface area contributed by atoms with Crippen LogP contribution in [-0.2, 0) is 19.6 Å². The Morgan fingerprint density at radius 3 is 2.58 bits per heavy atom. The molecule has 0 amide bonds. The van der Waals surface area contributed by atoms with Crippen molar-refractivity contribution in [1.29, 1.82) is 0 Å². The Labute approximate surface area is 118 Å². The Hall–Kier alpha value is -1.56. The maximum absolute atomic E-state index is 13.9. The molecule has 0 aliphatic rings. The number of hydrogen-bond acceptors (Lipinski definition) is 3. The van der Waals surface area contributed by atoms with E-state index in [1.807, 2.05) is 31.6 Å². The van der Waals surface area contributed by atoms with E-state index in [2.05, 4.69) is 15.5 Å². The lowest BCUT2D eigenvalue weighted by atomic mass is 10.2. The van der Waals surface area contributed by atoms with Crippen molar-refractivity contribution in [3.8, 4) is 0 Å². The predicted molar refractivity (Wildman–Crippen MR) is 75.1 cm³/mol. The third kappa shape index (κ3) is 3.26. The van der Waals surface area contributed by atoms with Gasteiger partial charge in [-0.1, -0.05) is 0 Å². The third-order valence-corrected chi connectivity index (χ3v) is 2.91. The quantitative estimate of drug-likeness (QED) is 0.919. The SMILES string of the molecule is CCn1cc(NCc2c(C)nn(CC)c2F)cn1.Cl. The second-order valence-corrected chi connectivity index (χ2v) is 4.11. The fourth-order valence-electron chi connectivity index (χ4n) is 1.82. The number of hydrogen-bond donors (Lipinski definition) is 1. The largest absolute Gasteiger partial charge is 0.378 e. The second kappa shape index (κ2) is 6.56. The topological polar surface area (TPSA) is 47.7 Å². The molecule has 0 radical (unpaired) electrons. The van der Waals surface area contributed by atoms with E-state index in [9.17, 15) is 4.39 Å². The number of halogens is 2. The molecule has 0 fully saturated rings. The van der Waals surface area contributed by atoms with Crippen LogP contribution >= 0.6 is 12.4 Å². The van der Waals surface area contributed by atoms with Crippen LogP contribution in [0.1, 0.15) is 25.1 Å². The van der Waals surface area contributed by atoms with Crippen LogP contribution in [0.3, 0.4) is 0 Å². The normalized spacial score (nSPS) is 10.3. The predicted octanol–water partition coefficient (Wildman–Crippen LogP) is 2.60. The van der Waals surface area contributed by atoms with Crippen LogP contribution in [0.25, 0.3) is 0 Å². The molecule has 0 unspecified atom stereocenters. The molecule has 0 saturated heterocycles. The van der Waals surface area contributed by atoms with Crippen LogP contribution in [0.4, 0.5) is 10.1 Å². The molecule has 0 aliphatic heterocycles. The fraction of sp³-hybridized carbons (Fsp3) is 0.500. The highest BCUT2D eigenvalue weighted by Crippen LogP contribution is 2.14. The van der Waals surface area contributed by atoms with E-state index in [1.54, 1.807) is 6.20 Å². The molecule has 106 valence electrons. The number of rotatable bonds is 5. The van der Waals surface area contributed by atoms with E-state index in [4.69, 9.17) is 0 Å². The summed E-state index contributed by atoms with van der Waals surface area (Å²) in [5.41, 5.74) is 2.23. The molecule has 2 heterocycles. The number of nitrogens with one attached hydrogen (secondary N) is 1. The van der Waals surface area contributed by atoms with Gasteiger partial charge in [0.2, 0.25) is 5.95 Å². The summed E-state index contributed by atoms with van der Waals surface area (Å²) in [5.74, 6) is -0.259. The minimum atomic E-state index is -0.259. The molecule has 1 N–H and O–H groups in total. The summed E-state index contributed by atoms with van der Waals surface area (Å²) in [7, 11) is 0. The van der Waals surface area contributed by atoms with E-state index in [0.29, 0.717) is 18.7 Å². The van der Waals surface area contributed by atoms with Gasteiger partial charge in [-0.05, 0) is 20.8 Å². The molecule has 0 atom stereocenters. The highest BCUT2D eigenvalue weighted by molar-refractivity contribution is 5.85. The van der Waals surface area contributed by atoms with Crippen molar-refractivity contribution >= 4 is 18.1 Å². The van der Waals surface area contributed by atoms with Crippen molar-refractivity contribution < 1.29 is 4.39 Å². The molecular weight excluding hydrogens is 269 g/mol. The van der Waals surface area contributed by atoms with Crippen LogP contribution < -0.4 is 5.32 Å². The number of aromatic nitrogens is 4. The van der Waals surface area contributed by atoms with Crippen molar-refractivity contribution in [3.05, 3.63) is 29.6 Å². The van der Waals surface area contributed by atoms with Gasteiger partial charge in [0.05, 0.1) is 17.6 Å². The van der Waals surface area contributed by atoms with Crippen LogP contribution in [0.5, 0.6) is 0 Å². The second-order valence-electron chi connectivity index (χ2n) is 4.11. The molecule has 19 heavy (non-hydrogen) atoms. The van der Waals surface area contributed by atoms with E-state index in [-0.39, 0.29) is 18.4 Å². The highest BCUT2D eigenvalue weighted by atomic mass is 35.5. The molecule has 2 rings (SSSR count). The van der Waals surface area contributed by atoms with Crippen molar-refractivity contribution in [2.75, 3.05) is 5.32 Å². The maximum Gasteiger partial charge on any atom is 0.216 e. The standard InChI is InChI=1S/C12H18FN5.ClH/c1-4-17-8-10(6-15-17)14-7-11-9(3)16-18(5-2)12(11)13;/h6,8,14H,4-5,7H2,1-3H3;1H. The van der Waals surface area contributed by atoms with E-state index in [1.165, 1.54) is 4.68 Å². The van der Waals surface area contributed by atoms with Gasteiger partial charge in [0.1, 0.15) is 0 Å². The van der Waals surface area contributed by atoms with Gasteiger partial charge in [-0.25, -0.2) is 4.68 Å². The Kier molecular flexibility index (Phi) is 5.35. The highest BCUT2D eigenvalue weighted by Gasteiger charge is 2.13. The van der Waals surface area contributed by atoms with Gasteiger partial charge < -0.3 is 5.32 Å². The Bertz CT molecular complexity index is 534. The van der Waals surface area contributed by atoms with Crippen LogP contribution in [0.2, 0.25) is 0 Å². The monoisotopic (exact) mass is 287 g/mol. The average Bonchev–Trinajstić information content (AvgIpc) is 2.93. The zero-order valence-corrected chi connectivity index (χ0v) is 12.2. The molecule has 0 bridgehead atoms. The molecule has 0 saturated carbocycles. The molecule has 0 aromatic carbocycles. The van der Waals surface area contributed by atoms with Gasteiger partial charge in [-0.2, -0.15) is 14.6 Å². The Morgan fingerprint density at radius 1 is 1.32 bits per heavy atom. The molecule has 2 aromatic heterocycles. The zero-order chi connectivity index (χ0) is 13.1. The molecule has 5 nitrogen and oxygen atoms in total. The summed E-state index contributed by atoms with van der Waals surface area (Å²) in [6.45, 7) is 7.50. The lowest BCUT2D eigenvalue weighted by Gasteiger charge is -2.02. The molecule has 2 aromatic rings. The molecule has 0 spiro atoms. The zero-order valence-electron chi connectivity index (χ0n) is 11.4. The lowest BCUT2D eigenvalue weighted by molar-refractivity contribution is 0.464. The van der Waals surface area contributed by atoms with Crippen LogP contribution in [0.15, 0.2) is 12.4 Å². The minimum Gasteiger partial charge on any atom is -0.378 e. The summed E-state index contributed by atoms with van der Waals surface area (Å²) < 4.78 is 17.1. The maximum atomic E-state index is 13.9. The first-order chi connectivity index (χ1) is 8.65. The number of aryl methyl sites for hydroxylation is 3. The van der Waals surface area contributed by atoms with Gasteiger partial charge >= 0.3 is 0 Å². The summed E-state index contributed by atoms with van der Waals surface area (Å²) in [6, 6.07) is 0. The number of nitrogens with zero attached hydrogens (tertiary/aromatic N) is 4. The summed E-state index contributed by atoms with van der Waals surface area (Å²) in [5, 5.41) is 11.5. The van der Waals surface area contributed by atoms with Gasteiger partial charge in [-0.3, -0.25) is 4.68 Å². The summed E-state index contributed by atoms with van der Waals surface area (Å²) in [4.78, 5) is 0. The molecular formula is C12H19ClFN5.